The first-order valence-electron chi connectivity index (χ1n) is 11.3. The highest BCUT2D eigenvalue weighted by atomic mass is 16.5. The van der Waals surface area contributed by atoms with Crippen LogP contribution in [0.4, 0.5) is 10.5 Å². The minimum atomic E-state index is -1.20. The van der Waals surface area contributed by atoms with Crippen molar-refractivity contribution in [1.82, 2.24) is 4.57 Å². The van der Waals surface area contributed by atoms with Crippen LogP contribution in [0.25, 0.3) is 0 Å². The van der Waals surface area contributed by atoms with Crippen LogP contribution < -0.4 is 15.6 Å². The van der Waals surface area contributed by atoms with Gasteiger partial charge in [0.2, 0.25) is 0 Å². The van der Waals surface area contributed by atoms with Crippen molar-refractivity contribution in [3.8, 4) is 5.75 Å². The predicted molar refractivity (Wildman–Crippen MR) is 133 cm³/mol. The molecule has 0 radical (unpaired) electrons. The number of carbonyl (C=O) groups excluding carboxylic acids is 2. The van der Waals surface area contributed by atoms with E-state index in [9.17, 15) is 24.3 Å². The molecule has 188 valence electrons. The topological polar surface area (TPSA) is 124 Å². The number of carboxylic acids is 1. The zero-order valence-electron chi connectivity index (χ0n) is 20.3. The van der Waals surface area contributed by atoms with Crippen molar-refractivity contribution in [3.63, 3.8) is 0 Å². The lowest BCUT2D eigenvalue weighted by molar-refractivity contribution is -0.143. The van der Waals surface area contributed by atoms with Crippen molar-refractivity contribution in [1.29, 1.82) is 0 Å². The molecule has 0 atom stereocenters. The second-order valence-corrected chi connectivity index (χ2v) is 9.24. The van der Waals surface area contributed by atoms with Crippen LogP contribution in [0.3, 0.4) is 0 Å². The Morgan fingerprint density at radius 1 is 0.944 bits per heavy atom. The Bertz CT molecular complexity index is 1290. The third-order valence-electron chi connectivity index (χ3n) is 5.05. The van der Waals surface area contributed by atoms with Gasteiger partial charge in [0.15, 0.2) is 0 Å². The summed E-state index contributed by atoms with van der Waals surface area (Å²) in [7, 11) is 0. The standard InChI is InChI=1S/C27H28N2O7/c1-27(2,3)25(33)36-21-11-9-18(10-12-21)13-20-14-22(24(32)29(15-20)16-23(30)31)28-26(34)35-17-19-7-5-4-6-8-19/h4-12,14-15H,13,16-17H2,1-3H3,(H,28,34)(H,30,31). The number of anilines is 1. The van der Waals surface area contributed by atoms with E-state index in [1.54, 1.807) is 57.2 Å². The number of aromatic nitrogens is 1. The number of pyridine rings is 1. The molecule has 0 aliphatic carbocycles. The highest BCUT2D eigenvalue weighted by Gasteiger charge is 2.23. The molecule has 0 aliphatic heterocycles. The van der Waals surface area contributed by atoms with Gasteiger partial charge in [-0.3, -0.25) is 19.7 Å². The Kier molecular flexibility index (Phi) is 8.26. The minimum absolute atomic E-state index is 0.0157. The predicted octanol–water partition coefficient (Wildman–Crippen LogP) is 4.22. The zero-order chi connectivity index (χ0) is 26.3. The van der Waals surface area contributed by atoms with Crippen molar-refractivity contribution in [2.45, 2.75) is 40.3 Å². The molecule has 0 saturated carbocycles. The Morgan fingerprint density at radius 2 is 1.61 bits per heavy atom. The lowest BCUT2D eigenvalue weighted by Gasteiger charge is -2.16. The van der Waals surface area contributed by atoms with E-state index >= 15 is 0 Å². The van der Waals surface area contributed by atoms with E-state index < -0.39 is 29.6 Å². The van der Waals surface area contributed by atoms with Gasteiger partial charge in [0.25, 0.3) is 5.56 Å². The van der Waals surface area contributed by atoms with E-state index in [1.165, 1.54) is 12.3 Å². The van der Waals surface area contributed by atoms with Gasteiger partial charge in [-0.1, -0.05) is 42.5 Å². The quantitative estimate of drug-likeness (QED) is 0.356. The van der Waals surface area contributed by atoms with E-state index in [0.717, 1.165) is 15.7 Å². The van der Waals surface area contributed by atoms with Crippen LogP contribution >= 0.6 is 0 Å². The maximum Gasteiger partial charge on any atom is 0.412 e. The van der Waals surface area contributed by atoms with Gasteiger partial charge in [0.05, 0.1) is 5.41 Å². The molecule has 0 unspecified atom stereocenters. The van der Waals surface area contributed by atoms with Gasteiger partial charge in [0, 0.05) is 6.20 Å². The Hall–Kier alpha value is -4.40. The van der Waals surface area contributed by atoms with E-state index in [0.29, 0.717) is 17.7 Å². The molecule has 1 amide bonds. The highest BCUT2D eigenvalue weighted by Crippen LogP contribution is 2.21. The molecular weight excluding hydrogens is 464 g/mol. The summed E-state index contributed by atoms with van der Waals surface area (Å²) in [6, 6.07) is 17.4. The lowest BCUT2D eigenvalue weighted by atomic mass is 9.97. The van der Waals surface area contributed by atoms with Crippen molar-refractivity contribution in [2.24, 2.45) is 5.41 Å². The number of benzene rings is 2. The first-order chi connectivity index (χ1) is 17.0. The number of ether oxygens (including phenoxy) is 2. The number of carbonyl (C=O) groups is 3. The summed E-state index contributed by atoms with van der Waals surface area (Å²) in [5.41, 5.74) is 0.797. The molecule has 0 bridgehead atoms. The minimum Gasteiger partial charge on any atom is -0.480 e. The van der Waals surface area contributed by atoms with E-state index in [1.807, 2.05) is 18.2 Å². The fraction of sp³-hybridized carbons (Fsp3) is 0.259. The Balaban J connectivity index is 1.76. The monoisotopic (exact) mass is 492 g/mol. The van der Waals surface area contributed by atoms with Gasteiger partial charge in [0.1, 0.15) is 24.6 Å². The first kappa shape index (κ1) is 26.2. The van der Waals surface area contributed by atoms with Crippen LogP contribution in [0, 0.1) is 5.41 Å². The highest BCUT2D eigenvalue weighted by molar-refractivity contribution is 5.84. The van der Waals surface area contributed by atoms with Crippen LogP contribution in [0.1, 0.15) is 37.5 Å². The maximum atomic E-state index is 12.7. The third-order valence-corrected chi connectivity index (χ3v) is 5.05. The fourth-order valence-electron chi connectivity index (χ4n) is 3.19. The van der Waals surface area contributed by atoms with Crippen LogP contribution in [-0.2, 0) is 33.9 Å². The molecule has 1 heterocycles. The van der Waals surface area contributed by atoms with Gasteiger partial charge < -0.3 is 19.1 Å². The van der Waals surface area contributed by atoms with Crippen LogP contribution in [-0.4, -0.2) is 27.7 Å². The summed E-state index contributed by atoms with van der Waals surface area (Å²) in [5.74, 6) is -1.15. The number of rotatable bonds is 8. The van der Waals surface area contributed by atoms with Gasteiger partial charge in [-0.05, 0) is 62.1 Å². The number of nitrogens with zero attached hydrogens (tertiary/aromatic N) is 1. The van der Waals surface area contributed by atoms with E-state index in [-0.39, 0.29) is 18.3 Å². The number of nitrogens with one attached hydrogen (secondary N) is 1. The molecule has 3 rings (SSSR count). The van der Waals surface area contributed by atoms with Crippen molar-refractivity contribution in [3.05, 3.63) is 93.9 Å². The second-order valence-electron chi connectivity index (χ2n) is 9.24. The molecule has 9 heteroatoms. The van der Waals surface area contributed by atoms with Gasteiger partial charge >= 0.3 is 18.0 Å². The SMILES string of the molecule is CC(C)(C)C(=O)Oc1ccc(Cc2cc(NC(=O)OCc3ccccc3)c(=O)n(CC(=O)O)c2)cc1. The number of hydrogen-bond donors (Lipinski definition) is 2. The maximum absolute atomic E-state index is 12.7. The lowest BCUT2D eigenvalue weighted by Crippen LogP contribution is -2.28. The molecule has 0 aliphatic rings. The normalized spacial score (nSPS) is 11.0. The number of hydrogen-bond acceptors (Lipinski definition) is 6. The zero-order valence-corrected chi connectivity index (χ0v) is 20.3. The molecule has 2 aromatic carbocycles. The van der Waals surface area contributed by atoms with Crippen molar-refractivity contribution in [2.75, 3.05) is 5.32 Å². The average Bonchev–Trinajstić information content (AvgIpc) is 2.81. The molecule has 0 saturated heterocycles. The fourth-order valence-corrected chi connectivity index (χ4v) is 3.19. The summed E-state index contributed by atoms with van der Waals surface area (Å²) in [5, 5.41) is 11.6. The van der Waals surface area contributed by atoms with Gasteiger partial charge in [-0.15, -0.1) is 0 Å². The van der Waals surface area contributed by atoms with E-state index in [4.69, 9.17) is 9.47 Å². The molecule has 3 aromatic rings. The summed E-state index contributed by atoms with van der Waals surface area (Å²) in [4.78, 5) is 48.4. The molecule has 9 nitrogen and oxygen atoms in total. The Labute approximate surface area is 208 Å². The van der Waals surface area contributed by atoms with Crippen LogP contribution in [0.15, 0.2) is 71.7 Å². The summed E-state index contributed by atoms with van der Waals surface area (Å²) in [6.07, 6.45) is 0.936. The van der Waals surface area contributed by atoms with Crippen LogP contribution in [0.2, 0.25) is 0 Å². The number of aliphatic carboxylic acids is 1. The van der Waals surface area contributed by atoms with E-state index in [2.05, 4.69) is 5.32 Å². The number of amides is 1. The van der Waals surface area contributed by atoms with Crippen molar-refractivity contribution >= 4 is 23.7 Å². The van der Waals surface area contributed by atoms with Gasteiger partial charge in [-0.25, -0.2) is 4.79 Å². The number of carboxylic acid groups (broad SMARTS) is 1. The molecule has 0 spiro atoms. The largest absolute Gasteiger partial charge is 0.480 e. The molecule has 36 heavy (non-hydrogen) atoms. The molecule has 0 fully saturated rings. The summed E-state index contributed by atoms with van der Waals surface area (Å²) >= 11 is 0. The second kappa shape index (κ2) is 11.4. The third kappa shape index (κ3) is 7.56. The smallest absolute Gasteiger partial charge is 0.412 e. The summed E-state index contributed by atoms with van der Waals surface area (Å²) in [6.45, 7) is 4.74. The average molecular weight is 493 g/mol. The van der Waals surface area contributed by atoms with Crippen LogP contribution in [0.5, 0.6) is 5.75 Å². The first-order valence-corrected chi connectivity index (χ1v) is 11.3. The summed E-state index contributed by atoms with van der Waals surface area (Å²) < 4.78 is 11.6. The molecule has 2 N–H and O–H groups in total. The number of esters is 1. The Morgan fingerprint density at radius 3 is 2.22 bits per heavy atom. The molecular formula is C27H28N2O7. The molecule has 1 aromatic heterocycles. The van der Waals surface area contributed by atoms with Crippen molar-refractivity contribution < 1.29 is 29.0 Å². The van der Waals surface area contributed by atoms with Gasteiger partial charge in [-0.2, -0.15) is 0 Å².